The molecule has 2 aliphatic heterocycles. The molecule has 2 saturated carbocycles. The Morgan fingerprint density at radius 3 is 2.23 bits per heavy atom. The number of Topliss-reactive ketones (excluding diaryl/α,β-unsaturated/α-hetero) is 1. The third kappa shape index (κ3) is 7.87. The van der Waals surface area contributed by atoms with Crippen LogP contribution in [0.4, 0.5) is 4.39 Å². The van der Waals surface area contributed by atoms with E-state index in [0.717, 1.165) is 0 Å². The summed E-state index contributed by atoms with van der Waals surface area (Å²) < 4.78 is 15.9. The van der Waals surface area contributed by atoms with Gasteiger partial charge in [-0.25, -0.2) is 14.2 Å². The normalized spacial score (nSPS) is 27.0. The number of amides is 5. The maximum Gasteiger partial charge on any atom is 0.326 e. The van der Waals surface area contributed by atoms with Crippen molar-refractivity contribution in [3.8, 4) is 0 Å². The molecule has 3 heterocycles. The number of aliphatic carboxylic acids is 1. The van der Waals surface area contributed by atoms with Crippen LogP contribution in [-0.4, -0.2) is 115 Å². The molecule has 56 heavy (non-hydrogen) atoms. The summed E-state index contributed by atoms with van der Waals surface area (Å²) in [6.07, 6.45) is 3.70. The molecule has 11 atom stereocenters. The molecule has 2 saturated heterocycles. The molecule has 15 nitrogen and oxygen atoms in total. The van der Waals surface area contributed by atoms with Crippen molar-refractivity contribution in [1.29, 1.82) is 0 Å². The predicted octanol–water partition coefficient (Wildman–Crippen LogP) is 1.56. The van der Waals surface area contributed by atoms with Gasteiger partial charge in [0, 0.05) is 43.2 Å². The maximum atomic E-state index is 15.9. The highest BCUT2D eigenvalue weighted by atomic mass is 19.1. The molecule has 0 radical (unpaired) electrons. The smallest absolute Gasteiger partial charge is 0.326 e. The van der Waals surface area contributed by atoms with Gasteiger partial charge in [-0.2, -0.15) is 0 Å². The van der Waals surface area contributed by atoms with Gasteiger partial charge >= 0.3 is 5.97 Å². The van der Waals surface area contributed by atoms with Crippen LogP contribution in [-0.2, 0) is 35.2 Å². The van der Waals surface area contributed by atoms with E-state index in [-0.39, 0.29) is 31.0 Å². The lowest BCUT2D eigenvalue weighted by atomic mass is 9.93. The summed E-state index contributed by atoms with van der Waals surface area (Å²) in [6.45, 7) is 8.77. The van der Waals surface area contributed by atoms with Crippen LogP contribution in [0.5, 0.6) is 0 Å². The largest absolute Gasteiger partial charge is 0.480 e. The zero-order chi connectivity index (χ0) is 40.6. The number of rotatable bonds is 16. The van der Waals surface area contributed by atoms with E-state index < -0.39 is 113 Å². The summed E-state index contributed by atoms with van der Waals surface area (Å²) in [4.78, 5) is 106. The topological polar surface area (TPSA) is 208 Å². The molecule has 300 valence electrons. The van der Waals surface area contributed by atoms with Gasteiger partial charge in [0.15, 0.2) is 0 Å². The van der Waals surface area contributed by atoms with E-state index in [0.29, 0.717) is 18.4 Å². The van der Waals surface area contributed by atoms with Crippen molar-refractivity contribution in [2.45, 2.75) is 103 Å². The van der Waals surface area contributed by atoms with Crippen LogP contribution in [0.1, 0.15) is 69.9 Å². The van der Waals surface area contributed by atoms with Crippen molar-refractivity contribution in [2.24, 2.45) is 35.5 Å². The Balaban J connectivity index is 1.23. The Labute approximate surface area is 324 Å². The highest BCUT2D eigenvalue weighted by Crippen LogP contribution is 2.55. The number of carbonyl (C=O) groups is 7. The van der Waals surface area contributed by atoms with Gasteiger partial charge in [-0.1, -0.05) is 71.4 Å². The minimum atomic E-state index is -1.41. The van der Waals surface area contributed by atoms with E-state index in [1.165, 1.54) is 28.4 Å². The summed E-state index contributed by atoms with van der Waals surface area (Å²) in [6, 6.07) is 1.86. The van der Waals surface area contributed by atoms with Gasteiger partial charge in [-0.3, -0.25) is 33.8 Å². The molecule has 6 rings (SSSR count). The van der Waals surface area contributed by atoms with Crippen molar-refractivity contribution in [3.05, 3.63) is 60.2 Å². The van der Waals surface area contributed by atoms with E-state index in [4.69, 9.17) is 0 Å². The zero-order valence-corrected chi connectivity index (χ0v) is 32.1. The van der Waals surface area contributed by atoms with Gasteiger partial charge in [0.05, 0.1) is 6.20 Å². The number of carboxylic acids is 1. The molecule has 16 heteroatoms. The van der Waals surface area contributed by atoms with Crippen LogP contribution in [0.3, 0.4) is 0 Å². The number of nitrogens with zero attached hydrogens (tertiary/aromatic N) is 4. The number of hydrogen-bond donors (Lipinski definition) is 4. The van der Waals surface area contributed by atoms with E-state index in [1.54, 1.807) is 58.0 Å². The number of ketones is 1. The molecule has 4 N–H and O–H groups in total. The molecule has 6 unspecified atom stereocenters. The molecular weight excluding hydrogens is 725 g/mol. The highest BCUT2D eigenvalue weighted by molar-refractivity contribution is 6.39. The Morgan fingerprint density at radius 1 is 0.946 bits per heavy atom. The Hall–Kier alpha value is -5.28. The summed E-state index contributed by atoms with van der Waals surface area (Å²) in [5.74, 6) is -8.48. The average Bonchev–Trinajstić information content (AvgIpc) is 3.61. The molecule has 1 aromatic heterocycles. The number of nitrogens with one attached hydrogen (secondary N) is 3. The first-order chi connectivity index (χ1) is 26.6. The summed E-state index contributed by atoms with van der Waals surface area (Å²) in [5, 5.41) is 17.7. The highest BCUT2D eigenvalue weighted by Gasteiger charge is 2.68. The Kier molecular flexibility index (Phi) is 11.9. The third-order valence-corrected chi connectivity index (χ3v) is 12.0. The number of carbonyl (C=O) groups excluding carboxylic acids is 6. The molecule has 2 aliphatic carbocycles. The third-order valence-electron chi connectivity index (χ3n) is 12.0. The maximum absolute atomic E-state index is 15.9. The molecular formula is C40H50FN7O8. The first kappa shape index (κ1) is 40.4. The van der Waals surface area contributed by atoms with E-state index >= 15 is 4.39 Å². The molecule has 5 amide bonds. The monoisotopic (exact) mass is 775 g/mol. The van der Waals surface area contributed by atoms with Gasteiger partial charge < -0.3 is 30.9 Å². The summed E-state index contributed by atoms with van der Waals surface area (Å²) in [5.41, 5.74) is 0.642. The molecule has 0 spiro atoms. The number of benzene rings is 1. The van der Waals surface area contributed by atoms with Gasteiger partial charge in [0.1, 0.15) is 42.1 Å². The Bertz CT molecular complexity index is 1850. The van der Waals surface area contributed by atoms with Crippen LogP contribution >= 0.6 is 0 Å². The second-order valence-electron chi connectivity index (χ2n) is 16.2. The van der Waals surface area contributed by atoms with Crippen molar-refractivity contribution in [1.82, 2.24) is 35.7 Å². The second-order valence-corrected chi connectivity index (χ2v) is 16.2. The molecule has 0 bridgehead atoms. The lowest BCUT2D eigenvalue weighted by Crippen LogP contribution is -2.59. The van der Waals surface area contributed by atoms with Gasteiger partial charge in [0.25, 0.3) is 11.8 Å². The van der Waals surface area contributed by atoms with Crippen molar-refractivity contribution in [2.75, 3.05) is 6.54 Å². The van der Waals surface area contributed by atoms with Crippen LogP contribution in [0.2, 0.25) is 0 Å². The summed E-state index contributed by atoms with van der Waals surface area (Å²) in [7, 11) is 0. The number of halogens is 1. The lowest BCUT2D eigenvalue weighted by Gasteiger charge is -2.34. The first-order valence-corrected chi connectivity index (χ1v) is 19.4. The number of hydrogen-bond acceptors (Lipinski definition) is 9. The minimum Gasteiger partial charge on any atom is -0.480 e. The van der Waals surface area contributed by atoms with E-state index in [1.807, 2.05) is 6.92 Å². The van der Waals surface area contributed by atoms with Crippen LogP contribution in [0.15, 0.2) is 48.9 Å². The number of alkyl halides is 1. The number of aromatic nitrogens is 2. The van der Waals surface area contributed by atoms with Crippen LogP contribution in [0.25, 0.3) is 0 Å². The van der Waals surface area contributed by atoms with Gasteiger partial charge in [0.2, 0.25) is 23.5 Å². The molecule has 1 aromatic carbocycles. The van der Waals surface area contributed by atoms with Crippen molar-refractivity contribution in [3.63, 3.8) is 0 Å². The molecule has 4 aliphatic rings. The quantitative estimate of drug-likeness (QED) is 0.181. The van der Waals surface area contributed by atoms with Crippen molar-refractivity contribution < 1.29 is 43.1 Å². The molecule has 2 aromatic rings. The van der Waals surface area contributed by atoms with Crippen LogP contribution < -0.4 is 16.0 Å². The molecule has 4 fully saturated rings. The number of likely N-dealkylation sites (tertiary alicyclic amines) is 2. The van der Waals surface area contributed by atoms with Crippen molar-refractivity contribution >= 4 is 41.3 Å². The predicted molar refractivity (Wildman–Crippen MR) is 198 cm³/mol. The summed E-state index contributed by atoms with van der Waals surface area (Å²) >= 11 is 0. The van der Waals surface area contributed by atoms with Gasteiger partial charge in [-0.05, 0) is 42.1 Å². The fourth-order valence-electron chi connectivity index (χ4n) is 8.97. The van der Waals surface area contributed by atoms with E-state index in [2.05, 4.69) is 25.9 Å². The van der Waals surface area contributed by atoms with Crippen LogP contribution in [0, 0.1) is 35.5 Å². The number of carboxylic acid groups (broad SMARTS) is 1. The first-order valence-electron chi connectivity index (χ1n) is 19.4. The lowest BCUT2D eigenvalue weighted by molar-refractivity contribution is -0.150. The fraction of sp³-hybridized carbons (Fsp3) is 0.575. The minimum absolute atomic E-state index is 0.00489. The van der Waals surface area contributed by atoms with Gasteiger partial charge in [-0.15, -0.1) is 0 Å². The Morgan fingerprint density at radius 2 is 1.64 bits per heavy atom. The SMILES string of the molecule is CC[C@@H]1CC1C(C(=O)C(=O)N[C@@H](Cc1ccccc1)C(=O)O)N1C(=O)C2[C@H]3C1CC(F)[C@H]3CN2C(=O)C(NC(=O)[C@H](NC(=O)c1cnccn1)C(C)C)C(C)C. The zero-order valence-electron chi connectivity index (χ0n) is 32.1. The average molecular weight is 776 g/mol. The fourth-order valence-corrected chi connectivity index (χ4v) is 8.97. The standard InChI is InChI=1S/C40H50FN7O8/c1-6-22-15-23(22)32(34(49)37(52)44-26(40(55)56)14-21-10-8-7-9-11-21)48-28-16-25(41)24-18-47(33(29(24)28)39(48)54)38(53)31(20(4)5)46-36(51)30(19(2)3)45-35(50)27-17-42-12-13-43-27/h7-13,17,19-20,22-26,28-33H,6,14-16,18H2,1-5H3,(H,44,52)(H,45,50)(H,46,51)(H,55,56)/t22-,23?,24-,25?,26+,28?,29-,30-,31?,32?,33?/m1/s1. The second kappa shape index (κ2) is 16.4. The van der Waals surface area contributed by atoms with E-state index in [9.17, 15) is 38.7 Å².